The highest BCUT2D eigenvalue weighted by Gasteiger charge is 2.46. The van der Waals surface area contributed by atoms with Crippen LogP contribution in [0, 0.1) is 12.3 Å². The molecule has 6 heteroatoms. The lowest BCUT2D eigenvalue weighted by molar-refractivity contribution is -0.140. The van der Waals surface area contributed by atoms with E-state index >= 15 is 0 Å². The molecule has 0 spiro atoms. The van der Waals surface area contributed by atoms with Crippen LogP contribution in [0.1, 0.15) is 29.8 Å². The molecule has 0 unspecified atom stereocenters. The minimum Gasteiger partial charge on any atom is -0.491 e. The normalized spacial score (nSPS) is 27.0. The van der Waals surface area contributed by atoms with Crippen molar-refractivity contribution in [2.45, 2.75) is 38.8 Å². The second-order valence-electron chi connectivity index (χ2n) is 7.16. The van der Waals surface area contributed by atoms with Crippen molar-refractivity contribution in [3.8, 4) is 5.75 Å². The number of aryl methyl sites for hydroxylation is 1. The van der Waals surface area contributed by atoms with Crippen molar-refractivity contribution in [2.24, 2.45) is 5.41 Å². The summed E-state index contributed by atoms with van der Waals surface area (Å²) >= 11 is 1.76. The Labute approximate surface area is 153 Å². The summed E-state index contributed by atoms with van der Waals surface area (Å²) in [5.74, 6) is 0.844. The van der Waals surface area contributed by atoms with Crippen molar-refractivity contribution < 1.29 is 9.47 Å². The number of nitrogens with zero attached hydrogens (tertiary/aromatic N) is 3. The zero-order chi connectivity index (χ0) is 17.1. The number of pyridine rings is 1. The third-order valence-electron chi connectivity index (χ3n) is 5.44. The van der Waals surface area contributed by atoms with E-state index in [-0.39, 0.29) is 5.41 Å². The van der Waals surface area contributed by atoms with Crippen LogP contribution in [-0.2, 0) is 11.3 Å². The van der Waals surface area contributed by atoms with E-state index in [1.54, 1.807) is 23.7 Å². The van der Waals surface area contributed by atoms with Gasteiger partial charge in [0.1, 0.15) is 5.75 Å². The molecule has 4 rings (SSSR count). The first kappa shape index (κ1) is 16.9. The number of piperidine rings is 1. The standard InChI is InChI=1S/C19H25N3O2S/c1-15-17(25-14-21-15)11-22-8-5-18-19(12-22,6-3-9-23-18)13-24-16-4-2-7-20-10-16/h2,4,7,10,14,18H,3,5-6,8-9,11-13H2,1H3/t18-,19-/m0/s1. The Morgan fingerprint density at radius 1 is 1.48 bits per heavy atom. The zero-order valence-corrected chi connectivity index (χ0v) is 15.5. The molecule has 25 heavy (non-hydrogen) atoms. The molecule has 2 saturated heterocycles. The predicted octanol–water partition coefficient (Wildman–Crippen LogP) is 3.30. The maximum Gasteiger partial charge on any atom is 0.137 e. The van der Waals surface area contributed by atoms with Gasteiger partial charge in [0, 0.05) is 42.7 Å². The van der Waals surface area contributed by atoms with Gasteiger partial charge in [0.05, 0.1) is 30.1 Å². The van der Waals surface area contributed by atoms with Gasteiger partial charge < -0.3 is 9.47 Å². The zero-order valence-electron chi connectivity index (χ0n) is 14.7. The number of thiazole rings is 1. The van der Waals surface area contributed by atoms with E-state index in [1.165, 1.54) is 4.88 Å². The first-order valence-electron chi connectivity index (χ1n) is 9.01. The molecule has 2 aliphatic rings. The molecule has 134 valence electrons. The minimum absolute atomic E-state index is 0.0743. The van der Waals surface area contributed by atoms with Gasteiger partial charge in [0.25, 0.3) is 0 Å². The fraction of sp³-hybridized carbons (Fsp3) is 0.579. The second kappa shape index (κ2) is 7.40. The Balaban J connectivity index is 1.48. The Morgan fingerprint density at radius 3 is 3.24 bits per heavy atom. The Morgan fingerprint density at radius 2 is 2.44 bits per heavy atom. The number of rotatable bonds is 5. The summed E-state index contributed by atoms with van der Waals surface area (Å²) < 4.78 is 12.3. The van der Waals surface area contributed by atoms with E-state index in [0.717, 1.165) is 56.9 Å². The van der Waals surface area contributed by atoms with Gasteiger partial charge in [0.2, 0.25) is 0 Å². The highest BCUT2D eigenvalue weighted by atomic mass is 32.1. The van der Waals surface area contributed by atoms with Crippen molar-refractivity contribution in [1.29, 1.82) is 0 Å². The maximum atomic E-state index is 6.15. The van der Waals surface area contributed by atoms with Crippen molar-refractivity contribution in [2.75, 3.05) is 26.3 Å². The average Bonchev–Trinajstić information content (AvgIpc) is 3.05. The van der Waals surface area contributed by atoms with Gasteiger partial charge in [-0.25, -0.2) is 4.98 Å². The molecule has 0 radical (unpaired) electrons. The van der Waals surface area contributed by atoms with Crippen LogP contribution in [0.15, 0.2) is 30.0 Å². The summed E-state index contributed by atoms with van der Waals surface area (Å²) in [6.07, 6.45) is 7.22. The number of likely N-dealkylation sites (tertiary alicyclic amines) is 1. The van der Waals surface area contributed by atoms with E-state index in [2.05, 4.69) is 21.8 Å². The van der Waals surface area contributed by atoms with Crippen LogP contribution in [0.25, 0.3) is 0 Å². The largest absolute Gasteiger partial charge is 0.491 e. The minimum atomic E-state index is 0.0743. The quantitative estimate of drug-likeness (QED) is 0.820. The predicted molar refractivity (Wildman–Crippen MR) is 97.9 cm³/mol. The van der Waals surface area contributed by atoms with Gasteiger partial charge in [-0.05, 0) is 38.3 Å². The SMILES string of the molecule is Cc1ncsc1CN1CC[C@@H]2OCCC[C@@]2(COc2cccnc2)C1. The maximum absolute atomic E-state index is 6.15. The summed E-state index contributed by atoms with van der Waals surface area (Å²) in [6, 6.07) is 3.89. The molecule has 0 saturated carbocycles. The van der Waals surface area contributed by atoms with Crippen LogP contribution in [0.2, 0.25) is 0 Å². The molecule has 2 fully saturated rings. The number of hydrogen-bond donors (Lipinski definition) is 0. The lowest BCUT2D eigenvalue weighted by Gasteiger charge is -2.50. The number of hydrogen-bond acceptors (Lipinski definition) is 6. The first-order chi connectivity index (χ1) is 12.3. The summed E-state index contributed by atoms with van der Waals surface area (Å²) in [4.78, 5) is 12.5. The summed E-state index contributed by atoms with van der Waals surface area (Å²) in [7, 11) is 0. The van der Waals surface area contributed by atoms with Crippen LogP contribution >= 0.6 is 11.3 Å². The molecule has 0 N–H and O–H groups in total. The van der Waals surface area contributed by atoms with Crippen LogP contribution in [-0.4, -0.2) is 47.3 Å². The van der Waals surface area contributed by atoms with Crippen molar-refractivity contribution in [1.82, 2.24) is 14.9 Å². The van der Waals surface area contributed by atoms with Gasteiger partial charge >= 0.3 is 0 Å². The van der Waals surface area contributed by atoms with E-state index in [0.29, 0.717) is 12.7 Å². The molecule has 2 aliphatic heterocycles. The van der Waals surface area contributed by atoms with Crippen molar-refractivity contribution in [3.05, 3.63) is 40.6 Å². The molecule has 5 nitrogen and oxygen atoms in total. The Kier molecular flexibility index (Phi) is 5.01. The molecular formula is C19H25N3O2S. The van der Waals surface area contributed by atoms with Crippen molar-refractivity contribution >= 4 is 11.3 Å². The number of fused-ring (bicyclic) bond motifs is 1. The molecule has 4 heterocycles. The van der Waals surface area contributed by atoms with Gasteiger partial charge in [0.15, 0.2) is 0 Å². The van der Waals surface area contributed by atoms with Gasteiger partial charge in [-0.3, -0.25) is 9.88 Å². The van der Waals surface area contributed by atoms with E-state index in [4.69, 9.17) is 9.47 Å². The molecule has 2 aromatic rings. The summed E-state index contributed by atoms with van der Waals surface area (Å²) in [6.45, 7) is 6.77. The van der Waals surface area contributed by atoms with Gasteiger partial charge in [-0.15, -0.1) is 11.3 Å². The highest BCUT2D eigenvalue weighted by Crippen LogP contribution is 2.41. The van der Waals surface area contributed by atoms with Gasteiger partial charge in [-0.2, -0.15) is 0 Å². The topological polar surface area (TPSA) is 47.5 Å². The molecule has 2 aromatic heterocycles. The van der Waals surface area contributed by atoms with E-state index < -0.39 is 0 Å². The smallest absolute Gasteiger partial charge is 0.137 e. The number of ether oxygens (including phenoxy) is 2. The Hall–Kier alpha value is -1.50. The molecule has 0 aromatic carbocycles. The monoisotopic (exact) mass is 359 g/mol. The van der Waals surface area contributed by atoms with Gasteiger partial charge in [-0.1, -0.05) is 0 Å². The average molecular weight is 359 g/mol. The number of aromatic nitrogens is 2. The third-order valence-corrected chi connectivity index (χ3v) is 6.36. The molecule has 0 bridgehead atoms. The molecule has 2 atom stereocenters. The lowest BCUT2D eigenvalue weighted by atomic mass is 9.73. The first-order valence-corrected chi connectivity index (χ1v) is 9.89. The summed E-state index contributed by atoms with van der Waals surface area (Å²) in [5.41, 5.74) is 3.18. The second-order valence-corrected chi connectivity index (χ2v) is 8.10. The van der Waals surface area contributed by atoms with Crippen LogP contribution < -0.4 is 4.74 Å². The fourth-order valence-electron chi connectivity index (χ4n) is 4.07. The van der Waals surface area contributed by atoms with E-state index in [1.807, 2.05) is 17.6 Å². The molecule has 0 aliphatic carbocycles. The Bertz CT molecular complexity index is 693. The fourth-order valence-corrected chi connectivity index (χ4v) is 4.89. The highest BCUT2D eigenvalue weighted by molar-refractivity contribution is 7.09. The van der Waals surface area contributed by atoms with Crippen LogP contribution in [0.3, 0.4) is 0 Å². The third kappa shape index (κ3) is 3.71. The molecular weight excluding hydrogens is 334 g/mol. The van der Waals surface area contributed by atoms with Crippen molar-refractivity contribution in [3.63, 3.8) is 0 Å². The lowest BCUT2D eigenvalue weighted by Crippen LogP contribution is -2.57. The summed E-state index contributed by atoms with van der Waals surface area (Å²) in [5, 5.41) is 0. The van der Waals surface area contributed by atoms with Crippen LogP contribution in [0.4, 0.5) is 0 Å². The van der Waals surface area contributed by atoms with E-state index in [9.17, 15) is 0 Å². The van der Waals surface area contributed by atoms with Crippen LogP contribution in [0.5, 0.6) is 5.75 Å². The molecule has 0 amide bonds.